The van der Waals surface area contributed by atoms with Crippen molar-refractivity contribution >= 4 is 81.9 Å². The number of fused-ring (bicyclic) bond motifs is 38. The van der Waals surface area contributed by atoms with Gasteiger partial charge in [0.15, 0.2) is 5.69 Å². The van der Waals surface area contributed by atoms with Crippen LogP contribution >= 0.6 is 0 Å². The third kappa shape index (κ3) is 3.47. The first kappa shape index (κ1) is 34.8. The zero-order valence-corrected chi connectivity index (χ0v) is 38.5. The van der Waals surface area contributed by atoms with Gasteiger partial charge < -0.3 is 8.80 Å². The monoisotopic (exact) mass is 880 g/mol. The molecule has 0 aliphatic heterocycles. The third-order valence-corrected chi connectivity index (χ3v) is 24.2. The van der Waals surface area contributed by atoms with Crippen LogP contribution in [-0.4, -0.2) is 18.8 Å². The maximum absolute atomic E-state index is 11.4. The van der Waals surface area contributed by atoms with Gasteiger partial charge in [0.05, 0.1) is 58.2 Å². The molecule has 68 heavy (non-hydrogen) atoms. The van der Waals surface area contributed by atoms with Crippen LogP contribution in [0.5, 0.6) is 0 Å². The smallest absolute Gasteiger partial charge is 0.193 e. The van der Waals surface area contributed by atoms with E-state index in [2.05, 4.69) is 44.2 Å². The summed E-state index contributed by atoms with van der Waals surface area (Å²) in [5, 5.41) is 23.4. The van der Waals surface area contributed by atoms with Crippen LogP contribution < -0.4 is 0 Å². The Morgan fingerprint density at radius 3 is 1.34 bits per heavy atom. The summed E-state index contributed by atoms with van der Waals surface area (Å²) in [6, 6.07) is 7.74. The fourth-order valence-electron chi connectivity index (χ4n) is 22.9. The quantitative estimate of drug-likeness (QED) is 0.143. The molecule has 6 heteroatoms. The summed E-state index contributed by atoms with van der Waals surface area (Å²) in [4.78, 5) is 15.9. The fraction of sp³-hybridized carbons (Fsp3) is 0.516. The molecule has 330 valence electrons. The molecule has 8 fully saturated rings. The first-order valence-electron chi connectivity index (χ1n) is 27.7. The highest BCUT2D eigenvalue weighted by Gasteiger charge is 2.54. The van der Waals surface area contributed by atoms with Gasteiger partial charge in [0, 0.05) is 71.8 Å². The molecule has 0 saturated heterocycles. The Hall–Kier alpha value is -5.46. The Labute approximate surface area is 393 Å². The Kier molecular flexibility index (Phi) is 5.52. The van der Waals surface area contributed by atoms with Gasteiger partial charge in [-0.3, -0.25) is 9.97 Å². The van der Waals surface area contributed by atoms with Crippen LogP contribution in [0.4, 0.5) is 5.69 Å². The molecule has 8 saturated carbocycles. The second kappa shape index (κ2) is 10.8. The highest BCUT2D eigenvalue weighted by atomic mass is 15.0. The van der Waals surface area contributed by atoms with Gasteiger partial charge in [-0.2, -0.15) is 5.26 Å². The minimum Gasteiger partial charge on any atom is -0.308 e. The molecule has 6 heterocycles. The average Bonchev–Trinajstić information content (AvgIpc) is 4.21. The van der Waals surface area contributed by atoms with Crippen LogP contribution in [-0.2, 0) is 0 Å². The Balaban J connectivity index is 1.08. The van der Waals surface area contributed by atoms with E-state index in [4.69, 9.17) is 16.5 Å². The zero-order valence-electron chi connectivity index (χ0n) is 38.5. The lowest BCUT2D eigenvalue weighted by atomic mass is 9.66. The molecule has 16 atom stereocenters. The van der Waals surface area contributed by atoms with Crippen molar-refractivity contribution in [3.8, 4) is 6.07 Å². The lowest BCUT2D eigenvalue weighted by Crippen LogP contribution is -2.24. The van der Waals surface area contributed by atoms with E-state index < -0.39 is 0 Å². The van der Waals surface area contributed by atoms with Gasteiger partial charge in [-0.25, -0.2) is 4.85 Å². The molecule has 12 aliphatic carbocycles. The number of pyridine rings is 2. The van der Waals surface area contributed by atoms with Gasteiger partial charge in [0.25, 0.3) is 0 Å². The molecule has 21 rings (SSSR count). The minimum absolute atomic E-state index is 0.488. The zero-order chi connectivity index (χ0) is 43.2. The summed E-state index contributed by atoms with van der Waals surface area (Å²) < 4.78 is 5.51. The van der Waals surface area contributed by atoms with Crippen molar-refractivity contribution in [1.29, 1.82) is 5.26 Å². The number of nitriles is 1. The van der Waals surface area contributed by atoms with Crippen molar-refractivity contribution in [3.05, 3.63) is 86.3 Å². The van der Waals surface area contributed by atoms with Crippen molar-refractivity contribution in [1.82, 2.24) is 18.8 Å². The first-order valence-corrected chi connectivity index (χ1v) is 27.7. The van der Waals surface area contributed by atoms with Crippen LogP contribution in [0.25, 0.3) is 81.0 Å². The maximum atomic E-state index is 11.4. The van der Waals surface area contributed by atoms with Gasteiger partial charge in [0.2, 0.25) is 0 Å². The Bertz CT molecular complexity index is 3840. The van der Waals surface area contributed by atoms with E-state index in [1.165, 1.54) is 201 Å². The van der Waals surface area contributed by atoms with E-state index in [0.29, 0.717) is 47.3 Å². The summed E-state index contributed by atoms with van der Waals surface area (Å²) in [6.07, 6.45) is 25.7. The summed E-state index contributed by atoms with van der Waals surface area (Å²) in [7, 11) is 0. The van der Waals surface area contributed by atoms with Crippen molar-refractivity contribution in [2.24, 2.45) is 47.3 Å². The number of aromatic nitrogens is 4. The van der Waals surface area contributed by atoms with E-state index in [0.717, 1.165) is 58.6 Å². The number of hydrogen-bond donors (Lipinski definition) is 0. The topological polar surface area (TPSA) is 62.8 Å². The lowest BCUT2D eigenvalue weighted by molar-refractivity contribution is 0.292. The largest absolute Gasteiger partial charge is 0.308 e. The van der Waals surface area contributed by atoms with Gasteiger partial charge >= 0.3 is 0 Å². The number of hydrogen-bond acceptors (Lipinski definition) is 3. The van der Waals surface area contributed by atoms with Crippen LogP contribution in [0.15, 0.2) is 24.5 Å². The molecule has 0 N–H and O–H groups in total. The third-order valence-electron chi connectivity index (χ3n) is 24.2. The summed E-state index contributed by atoms with van der Waals surface area (Å²) >= 11 is 0. The molecular weight excluding hydrogens is 829 g/mol. The number of benzene rings is 3. The highest BCUT2D eigenvalue weighted by Crippen LogP contribution is 2.70. The van der Waals surface area contributed by atoms with Gasteiger partial charge in [-0.1, -0.05) is 0 Å². The van der Waals surface area contributed by atoms with Crippen molar-refractivity contribution in [3.63, 3.8) is 0 Å². The summed E-state index contributed by atoms with van der Waals surface area (Å²) in [6.45, 7) is 8.96. The maximum Gasteiger partial charge on any atom is 0.193 e. The molecule has 0 amide bonds. The van der Waals surface area contributed by atoms with Crippen molar-refractivity contribution in [2.45, 2.75) is 150 Å². The van der Waals surface area contributed by atoms with Crippen LogP contribution in [0.2, 0.25) is 0 Å². The fourth-order valence-corrected chi connectivity index (χ4v) is 22.9. The minimum atomic E-state index is 0.488. The predicted molar refractivity (Wildman–Crippen MR) is 266 cm³/mol. The van der Waals surface area contributed by atoms with E-state index in [-0.39, 0.29) is 0 Å². The van der Waals surface area contributed by atoms with E-state index in [1.54, 1.807) is 22.3 Å². The second-order valence-electron chi connectivity index (χ2n) is 26.5. The normalized spacial score (nSPS) is 38.8. The number of rotatable bonds is 0. The molecule has 6 nitrogen and oxygen atoms in total. The molecular formula is C62H52N6. The molecule has 12 aliphatic rings. The second-order valence-corrected chi connectivity index (χ2v) is 26.5. The Morgan fingerprint density at radius 1 is 0.441 bits per heavy atom. The van der Waals surface area contributed by atoms with Crippen molar-refractivity contribution < 1.29 is 0 Å². The molecule has 16 unspecified atom stereocenters. The average molecular weight is 881 g/mol. The molecule has 12 bridgehead atoms. The van der Waals surface area contributed by atoms with Gasteiger partial charge in [0.1, 0.15) is 0 Å². The van der Waals surface area contributed by atoms with E-state index in [1.807, 2.05) is 0 Å². The highest BCUT2D eigenvalue weighted by molar-refractivity contribution is 6.46. The van der Waals surface area contributed by atoms with Crippen LogP contribution in [0, 0.1) is 65.2 Å². The molecule has 0 spiro atoms. The summed E-state index contributed by atoms with van der Waals surface area (Å²) in [5.74, 6) is 10.4. The molecule has 6 aromatic heterocycles. The van der Waals surface area contributed by atoms with Gasteiger partial charge in [-0.15, -0.1) is 0 Å². The first-order chi connectivity index (χ1) is 33.6. The Morgan fingerprint density at radius 2 is 0.853 bits per heavy atom. The molecule has 0 radical (unpaired) electrons. The van der Waals surface area contributed by atoms with Gasteiger partial charge in [-0.05, 0) is 231 Å². The van der Waals surface area contributed by atoms with E-state index in [9.17, 15) is 5.26 Å². The molecule has 9 aromatic rings. The predicted octanol–water partition coefficient (Wildman–Crippen LogP) is 15.2. The lowest BCUT2D eigenvalue weighted by Gasteiger charge is -2.37. The van der Waals surface area contributed by atoms with E-state index >= 15 is 0 Å². The SMILES string of the molecule is [C-]#[N+]c1cc2c(c3c1C1CC4CC(C1)C3C4)c1c3c4c5c(ncc4n4c6cc(C#N)c7c(c6c(c6c8c9c(ncc8n2c61)C1CC2CC(C1)C9C2)c34)C1CC2CC7CC1C2)C1CC2CC(C1)C5C2. The van der Waals surface area contributed by atoms with Crippen LogP contribution in [0.1, 0.15) is 200 Å². The summed E-state index contributed by atoms with van der Waals surface area (Å²) in [5.41, 5.74) is 22.1. The number of nitrogens with zero attached hydrogens (tertiary/aromatic N) is 6. The standard InChI is InChI=1S/C62H52N6/c1-64-40-19-42-52(48-37-11-24-3-28(37)15-32(7-24)46(40)48)56-58-53-43(21-65-59-33-8-25-4-29(16-33)38(12-25)49(53)59)67-41-18-35(20-63)45-31-6-23-2-27(14-31)36(10-23)47(45)51(41)55(61(58)67)57-54-44(68(42)62(56)57)22-66-60-34-9-26-5-30(17-34)39(13-26)50(54)60/h18-19,21-34,36-39H,2-17H2. The van der Waals surface area contributed by atoms with Crippen molar-refractivity contribution in [2.75, 3.05) is 0 Å². The van der Waals surface area contributed by atoms with Crippen LogP contribution in [0.3, 0.4) is 0 Å². The molecule has 3 aromatic carbocycles.